The molecule has 20 heavy (non-hydrogen) atoms. The van der Waals surface area contributed by atoms with Crippen molar-refractivity contribution in [2.45, 2.75) is 38.5 Å². The average Bonchev–Trinajstić information content (AvgIpc) is 3.26. The summed E-state index contributed by atoms with van der Waals surface area (Å²) in [5, 5.41) is 7.54. The highest BCUT2D eigenvalue weighted by Crippen LogP contribution is 2.23. The van der Waals surface area contributed by atoms with E-state index in [2.05, 4.69) is 22.2 Å². The second-order valence-electron chi connectivity index (χ2n) is 5.57. The first kappa shape index (κ1) is 13.6. The Balaban J connectivity index is 1.63. The fraction of sp³-hybridized carbons (Fsp3) is 0.714. The minimum atomic E-state index is -0.0622. The van der Waals surface area contributed by atoms with Gasteiger partial charge in [-0.05, 0) is 19.4 Å². The number of ether oxygens (including phenoxy) is 1. The minimum Gasteiger partial charge on any atom is -0.381 e. The van der Waals surface area contributed by atoms with Crippen molar-refractivity contribution in [3.63, 3.8) is 0 Å². The number of nitrogens with zero attached hydrogens (tertiary/aromatic N) is 3. The van der Waals surface area contributed by atoms with Gasteiger partial charge in [0.15, 0.2) is 0 Å². The van der Waals surface area contributed by atoms with Gasteiger partial charge < -0.3 is 10.1 Å². The van der Waals surface area contributed by atoms with E-state index < -0.39 is 0 Å². The van der Waals surface area contributed by atoms with Gasteiger partial charge in [0.25, 0.3) is 5.56 Å². The highest BCUT2D eigenvalue weighted by molar-refractivity contribution is 5.41. The largest absolute Gasteiger partial charge is 0.381 e. The van der Waals surface area contributed by atoms with Gasteiger partial charge in [0, 0.05) is 25.2 Å². The first-order chi connectivity index (χ1) is 9.74. The van der Waals surface area contributed by atoms with Crippen molar-refractivity contribution in [2.24, 2.45) is 0 Å². The molecule has 0 radical (unpaired) electrons. The number of hydrogen-bond donors (Lipinski definition) is 1. The van der Waals surface area contributed by atoms with Crippen molar-refractivity contribution >= 4 is 5.69 Å². The maximum atomic E-state index is 12.1. The van der Waals surface area contributed by atoms with E-state index in [0.29, 0.717) is 12.6 Å². The normalized spacial score (nSPS) is 23.8. The zero-order valence-corrected chi connectivity index (χ0v) is 11.9. The first-order valence-corrected chi connectivity index (χ1v) is 7.42. The predicted molar refractivity (Wildman–Crippen MR) is 77.0 cm³/mol. The highest BCUT2D eigenvalue weighted by atomic mass is 16.5. The number of aromatic nitrogens is 2. The number of likely N-dealkylation sites (N-methyl/N-ethyl adjacent to an activating group) is 1. The summed E-state index contributed by atoms with van der Waals surface area (Å²) in [6.45, 7) is 6.26. The Bertz CT molecular complexity index is 512. The van der Waals surface area contributed by atoms with Crippen LogP contribution in [0.5, 0.6) is 0 Å². The van der Waals surface area contributed by atoms with Crippen LogP contribution in [0.15, 0.2) is 17.1 Å². The smallest absolute Gasteiger partial charge is 0.268 e. The molecule has 0 aromatic carbocycles. The summed E-state index contributed by atoms with van der Waals surface area (Å²) < 4.78 is 7.22. The summed E-state index contributed by atoms with van der Waals surface area (Å²) in [5.41, 5.74) is 0.765. The lowest BCUT2D eigenvalue weighted by atomic mass is 10.2. The fourth-order valence-electron chi connectivity index (χ4n) is 2.48. The molecule has 1 aromatic rings. The molecule has 1 saturated carbocycles. The average molecular weight is 278 g/mol. The van der Waals surface area contributed by atoms with Crippen LogP contribution < -0.4 is 10.9 Å². The Morgan fingerprint density at radius 1 is 1.50 bits per heavy atom. The van der Waals surface area contributed by atoms with Gasteiger partial charge in [0.1, 0.15) is 0 Å². The van der Waals surface area contributed by atoms with E-state index >= 15 is 0 Å². The molecular formula is C14H22N4O2. The minimum absolute atomic E-state index is 0.0520. The van der Waals surface area contributed by atoms with Crippen molar-refractivity contribution in [3.05, 3.63) is 22.6 Å². The van der Waals surface area contributed by atoms with Crippen LogP contribution in [-0.4, -0.2) is 53.1 Å². The highest BCUT2D eigenvalue weighted by Gasteiger charge is 2.22. The van der Waals surface area contributed by atoms with Crippen LogP contribution in [-0.2, 0) is 11.3 Å². The molecule has 6 nitrogen and oxygen atoms in total. The maximum Gasteiger partial charge on any atom is 0.268 e. The molecule has 6 heteroatoms. The topological polar surface area (TPSA) is 59.4 Å². The van der Waals surface area contributed by atoms with Crippen molar-refractivity contribution < 1.29 is 4.74 Å². The lowest BCUT2D eigenvalue weighted by Gasteiger charge is -2.31. The first-order valence-electron chi connectivity index (χ1n) is 7.42. The van der Waals surface area contributed by atoms with Crippen LogP contribution in [0.3, 0.4) is 0 Å². The molecule has 0 amide bonds. The molecule has 1 saturated heterocycles. The van der Waals surface area contributed by atoms with Crippen LogP contribution >= 0.6 is 0 Å². The molecule has 3 rings (SSSR count). The second-order valence-corrected chi connectivity index (χ2v) is 5.57. The van der Waals surface area contributed by atoms with Gasteiger partial charge >= 0.3 is 0 Å². The molecular weight excluding hydrogens is 256 g/mol. The SMILES string of the molecule is CCN1CCOC(Cn2ncc(NC3CC3)cc2=O)C1. The van der Waals surface area contributed by atoms with Crippen LogP contribution in [0, 0.1) is 0 Å². The summed E-state index contributed by atoms with van der Waals surface area (Å²) in [7, 11) is 0. The van der Waals surface area contributed by atoms with Crippen molar-refractivity contribution in [2.75, 3.05) is 31.6 Å². The van der Waals surface area contributed by atoms with E-state index in [9.17, 15) is 4.79 Å². The van der Waals surface area contributed by atoms with E-state index in [1.807, 2.05) is 0 Å². The second kappa shape index (κ2) is 5.93. The van der Waals surface area contributed by atoms with Gasteiger partial charge in [-0.2, -0.15) is 5.10 Å². The molecule has 110 valence electrons. The summed E-state index contributed by atoms with van der Waals surface area (Å²) in [5.74, 6) is 0. The van der Waals surface area contributed by atoms with Crippen LogP contribution in [0.2, 0.25) is 0 Å². The molecule has 2 fully saturated rings. The molecule has 1 aliphatic heterocycles. The van der Waals surface area contributed by atoms with Crippen LogP contribution in [0.4, 0.5) is 5.69 Å². The monoisotopic (exact) mass is 278 g/mol. The van der Waals surface area contributed by atoms with E-state index in [1.165, 1.54) is 17.5 Å². The predicted octanol–water partition coefficient (Wildman–Crippen LogP) is 0.538. The Hall–Kier alpha value is -1.40. The molecule has 1 N–H and O–H groups in total. The third kappa shape index (κ3) is 3.37. The zero-order chi connectivity index (χ0) is 13.9. The Labute approximate surface area is 118 Å². The summed E-state index contributed by atoms with van der Waals surface area (Å²) >= 11 is 0. The van der Waals surface area contributed by atoms with E-state index in [-0.39, 0.29) is 11.7 Å². The number of rotatable bonds is 5. The van der Waals surface area contributed by atoms with Gasteiger partial charge in [-0.1, -0.05) is 6.92 Å². The maximum absolute atomic E-state index is 12.1. The number of hydrogen-bond acceptors (Lipinski definition) is 5. The van der Waals surface area contributed by atoms with E-state index in [4.69, 9.17) is 4.74 Å². The molecule has 2 aliphatic rings. The van der Waals surface area contributed by atoms with Gasteiger partial charge in [-0.15, -0.1) is 0 Å². The third-order valence-electron chi connectivity index (χ3n) is 3.86. The standard InChI is InChI=1S/C14H22N4O2/c1-2-17-5-6-20-13(9-17)10-18-14(19)7-12(8-15-18)16-11-3-4-11/h7-8,11,13,16H,2-6,9-10H2,1H3. The van der Waals surface area contributed by atoms with E-state index in [0.717, 1.165) is 31.9 Å². The van der Waals surface area contributed by atoms with Gasteiger partial charge in [-0.3, -0.25) is 9.69 Å². The number of anilines is 1. The summed E-state index contributed by atoms with van der Waals surface area (Å²) in [4.78, 5) is 14.4. The molecule has 1 aromatic heterocycles. The molecule has 1 unspecified atom stereocenters. The van der Waals surface area contributed by atoms with Gasteiger partial charge in [0.2, 0.25) is 0 Å². The Kier molecular flexibility index (Phi) is 4.03. The molecule has 1 atom stereocenters. The quantitative estimate of drug-likeness (QED) is 0.852. The van der Waals surface area contributed by atoms with Crippen molar-refractivity contribution in [1.82, 2.24) is 14.7 Å². The zero-order valence-electron chi connectivity index (χ0n) is 11.9. The van der Waals surface area contributed by atoms with Crippen molar-refractivity contribution in [3.8, 4) is 0 Å². The Morgan fingerprint density at radius 2 is 2.35 bits per heavy atom. The fourth-order valence-corrected chi connectivity index (χ4v) is 2.48. The van der Waals surface area contributed by atoms with Gasteiger partial charge in [0.05, 0.1) is 31.1 Å². The lowest BCUT2D eigenvalue weighted by molar-refractivity contribution is -0.0364. The summed E-state index contributed by atoms with van der Waals surface area (Å²) in [6.07, 6.45) is 4.16. The van der Waals surface area contributed by atoms with Gasteiger partial charge in [-0.25, -0.2) is 4.68 Å². The molecule has 1 aliphatic carbocycles. The van der Waals surface area contributed by atoms with Crippen molar-refractivity contribution in [1.29, 1.82) is 0 Å². The Morgan fingerprint density at radius 3 is 3.05 bits per heavy atom. The molecule has 2 heterocycles. The van der Waals surface area contributed by atoms with Crippen LogP contribution in [0.25, 0.3) is 0 Å². The molecule has 0 spiro atoms. The molecule has 0 bridgehead atoms. The number of morpholine rings is 1. The lowest BCUT2D eigenvalue weighted by Crippen LogP contribution is -2.45. The summed E-state index contributed by atoms with van der Waals surface area (Å²) in [6, 6.07) is 2.16. The van der Waals surface area contributed by atoms with E-state index in [1.54, 1.807) is 12.3 Å². The number of nitrogens with one attached hydrogen (secondary N) is 1. The third-order valence-corrected chi connectivity index (χ3v) is 3.86. The van der Waals surface area contributed by atoms with Crippen LogP contribution in [0.1, 0.15) is 19.8 Å².